The Balaban J connectivity index is 1.94. The summed E-state index contributed by atoms with van der Waals surface area (Å²) in [6.07, 6.45) is 5.48. The van der Waals surface area contributed by atoms with E-state index in [1.165, 1.54) is 30.2 Å². The summed E-state index contributed by atoms with van der Waals surface area (Å²) in [6.45, 7) is 0.685. The van der Waals surface area contributed by atoms with Crippen molar-refractivity contribution in [1.29, 1.82) is 0 Å². The van der Waals surface area contributed by atoms with Crippen LogP contribution in [0.5, 0.6) is 0 Å². The van der Waals surface area contributed by atoms with Crippen LogP contribution < -0.4 is 5.32 Å². The molecule has 0 heterocycles. The zero-order chi connectivity index (χ0) is 13.2. The molecular weight excluding hydrogens is 314 g/mol. The highest BCUT2D eigenvalue weighted by Gasteiger charge is 2.13. The maximum Gasteiger partial charge on any atom is 0.147 e. The van der Waals surface area contributed by atoms with E-state index < -0.39 is 9.84 Å². The Morgan fingerprint density at radius 1 is 1.28 bits per heavy atom. The fourth-order valence-electron chi connectivity index (χ4n) is 2.29. The van der Waals surface area contributed by atoms with Gasteiger partial charge in [-0.2, -0.15) is 0 Å². The first kappa shape index (κ1) is 13.9. The number of hydrogen-bond donors (Lipinski definition) is 1. The van der Waals surface area contributed by atoms with Crippen LogP contribution in [0.2, 0.25) is 0 Å². The molecule has 1 aliphatic rings. The van der Waals surface area contributed by atoms with E-state index >= 15 is 0 Å². The number of hydrogen-bond acceptors (Lipinski definition) is 3. The van der Waals surface area contributed by atoms with Crippen molar-refractivity contribution < 1.29 is 8.42 Å². The van der Waals surface area contributed by atoms with Crippen LogP contribution in [0, 0.1) is 0 Å². The lowest BCUT2D eigenvalue weighted by atomic mass is 10.1. The van der Waals surface area contributed by atoms with Crippen LogP contribution in [-0.2, 0) is 22.7 Å². The second kappa shape index (κ2) is 5.61. The highest BCUT2D eigenvalue weighted by Crippen LogP contribution is 2.31. The van der Waals surface area contributed by atoms with Crippen molar-refractivity contribution >= 4 is 31.5 Å². The molecular formula is C13H18BrNO2S. The van der Waals surface area contributed by atoms with Crippen LogP contribution in [0.25, 0.3) is 0 Å². The summed E-state index contributed by atoms with van der Waals surface area (Å²) in [6, 6.07) is 4.37. The predicted molar refractivity (Wildman–Crippen MR) is 79.0 cm³/mol. The molecule has 1 aromatic rings. The molecule has 100 valence electrons. The molecule has 0 bridgehead atoms. The highest BCUT2D eigenvalue weighted by atomic mass is 79.9. The van der Waals surface area contributed by atoms with Crippen molar-refractivity contribution in [3.05, 3.63) is 27.7 Å². The molecule has 0 unspecified atom stereocenters. The molecule has 1 aliphatic carbocycles. The third kappa shape index (κ3) is 3.72. The summed E-state index contributed by atoms with van der Waals surface area (Å²) in [5, 5.41) is 3.30. The standard InChI is InChI=1S/C13H18BrNO2S/c1-18(16,17)7-3-6-15-13-9-11-5-2-4-10(11)8-12(13)14/h8-9,15H,2-7H2,1H3. The van der Waals surface area contributed by atoms with Gasteiger partial charge in [0, 0.05) is 23.0 Å². The zero-order valence-corrected chi connectivity index (χ0v) is 12.9. The molecule has 3 nitrogen and oxygen atoms in total. The average molecular weight is 332 g/mol. The summed E-state index contributed by atoms with van der Waals surface area (Å²) < 4.78 is 23.1. The molecule has 0 spiro atoms. The molecule has 0 radical (unpaired) electrons. The third-order valence-electron chi connectivity index (χ3n) is 3.19. The van der Waals surface area contributed by atoms with Crippen LogP contribution in [0.15, 0.2) is 16.6 Å². The molecule has 1 N–H and O–H groups in total. The predicted octanol–water partition coefficient (Wildman–Crippen LogP) is 2.78. The van der Waals surface area contributed by atoms with Crippen LogP contribution in [0.1, 0.15) is 24.0 Å². The van der Waals surface area contributed by atoms with Gasteiger partial charge in [0.25, 0.3) is 0 Å². The summed E-state index contributed by atoms with van der Waals surface area (Å²) >= 11 is 3.56. The molecule has 0 atom stereocenters. The van der Waals surface area contributed by atoms with Gasteiger partial charge in [-0.3, -0.25) is 0 Å². The van der Waals surface area contributed by atoms with Gasteiger partial charge in [-0.05, 0) is 64.9 Å². The minimum atomic E-state index is -2.85. The smallest absolute Gasteiger partial charge is 0.147 e. The Labute approximate surface area is 117 Å². The van der Waals surface area contributed by atoms with Crippen LogP contribution in [0.4, 0.5) is 5.69 Å². The van der Waals surface area contributed by atoms with Crippen LogP contribution in [0.3, 0.4) is 0 Å². The summed E-state index contributed by atoms with van der Waals surface area (Å²) in [7, 11) is -2.85. The van der Waals surface area contributed by atoms with Gasteiger partial charge in [0.15, 0.2) is 0 Å². The van der Waals surface area contributed by atoms with Crippen molar-refractivity contribution in [2.45, 2.75) is 25.7 Å². The fraction of sp³-hybridized carbons (Fsp3) is 0.538. The fourth-order valence-corrected chi connectivity index (χ4v) is 3.49. The van der Waals surface area contributed by atoms with Gasteiger partial charge < -0.3 is 5.32 Å². The SMILES string of the molecule is CS(=O)(=O)CCCNc1cc2c(cc1Br)CCC2. The number of anilines is 1. The first-order valence-electron chi connectivity index (χ1n) is 6.18. The highest BCUT2D eigenvalue weighted by molar-refractivity contribution is 9.10. The second-order valence-electron chi connectivity index (χ2n) is 4.86. The van der Waals surface area contributed by atoms with Crippen molar-refractivity contribution in [3.63, 3.8) is 0 Å². The molecule has 0 saturated heterocycles. The number of nitrogens with one attached hydrogen (secondary N) is 1. The first-order chi connectivity index (χ1) is 8.46. The number of rotatable bonds is 5. The molecule has 18 heavy (non-hydrogen) atoms. The minimum Gasteiger partial charge on any atom is -0.384 e. The number of halogens is 1. The molecule has 0 fully saturated rings. The Hall–Kier alpha value is -0.550. The van der Waals surface area contributed by atoms with Crippen molar-refractivity contribution in [2.75, 3.05) is 23.9 Å². The molecule has 0 amide bonds. The summed E-state index contributed by atoms with van der Waals surface area (Å²) in [5.41, 5.74) is 3.93. The van der Waals surface area contributed by atoms with Gasteiger partial charge in [0.1, 0.15) is 9.84 Å². The van der Waals surface area contributed by atoms with Crippen molar-refractivity contribution in [1.82, 2.24) is 0 Å². The van der Waals surface area contributed by atoms with E-state index in [0.29, 0.717) is 13.0 Å². The van der Waals surface area contributed by atoms with Gasteiger partial charge in [-0.15, -0.1) is 0 Å². The van der Waals surface area contributed by atoms with Crippen LogP contribution >= 0.6 is 15.9 Å². The molecule has 1 aromatic carbocycles. The quantitative estimate of drug-likeness (QED) is 0.844. The van der Waals surface area contributed by atoms with E-state index in [-0.39, 0.29) is 5.75 Å². The van der Waals surface area contributed by atoms with Crippen molar-refractivity contribution in [3.8, 4) is 0 Å². The molecule has 5 heteroatoms. The van der Waals surface area contributed by atoms with Gasteiger partial charge in [-0.25, -0.2) is 8.42 Å². The van der Waals surface area contributed by atoms with E-state index in [1.807, 2.05) is 0 Å². The maximum atomic E-state index is 11.0. The van der Waals surface area contributed by atoms with E-state index in [0.717, 1.165) is 16.6 Å². The topological polar surface area (TPSA) is 46.2 Å². The normalized spacial score (nSPS) is 14.6. The number of fused-ring (bicyclic) bond motifs is 1. The second-order valence-corrected chi connectivity index (χ2v) is 7.98. The zero-order valence-electron chi connectivity index (χ0n) is 10.5. The van der Waals surface area contributed by atoms with E-state index in [9.17, 15) is 8.42 Å². The minimum absolute atomic E-state index is 0.239. The van der Waals surface area contributed by atoms with Crippen LogP contribution in [-0.4, -0.2) is 27.0 Å². The molecule has 0 saturated carbocycles. The number of sulfone groups is 1. The lowest BCUT2D eigenvalue weighted by Gasteiger charge is -2.11. The number of benzene rings is 1. The largest absolute Gasteiger partial charge is 0.384 e. The summed E-state index contributed by atoms with van der Waals surface area (Å²) in [5.74, 6) is 0.239. The third-order valence-corrected chi connectivity index (χ3v) is 4.88. The maximum absolute atomic E-state index is 11.0. The van der Waals surface area contributed by atoms with Gasteiger partial charge in [0.2, 0.25) is 0 Å². The van der Waals surface area contributed by atoms with E-state index in [4.69, 9.17) is 0 Å². The summed E-state index contributed by atoms with van der Waals surface area (Å²) in [4.78, 5) is 0. The monoisotopic (exact) mass is 331 g/mol. The van der Waals surface area contributed by atoms with E-state index in [1.54, 1.807) is 0 Å². The lowest BCUT2D eigenvalue weighted by molar-refractivity contribution is 0.600. The number of aryl methyl sites for hydroxylation is 2. The lowest BCUT2D eigenvalue weighted by Crippen LogP contribution is -2.10. The first-order valence-corrected chi connectivity index (χ1v) is 9.04. The van der Waals surface area contributed by atoms with Gasteiger partial charge >= 0.3 is 0 Å². The Kier molecular flexibility index (Phi) is 4.33. The van der Waals surface area contributed by atoms with E-state index in [2.05, 4.69) is 33.4 Å². The average Bonchev–Trinajstić information content (AvgIpc) is 2.70. The van der Waals surface area contributed by atoms with Gasteiger partial charge in [0.05, 0.1) is 5.75 Å². The Morgan fingerprint density at radius 3 is 2.61 bits per heavy atom. The van der Waals surface area contributed by atoms with Crippen molar-refractivity contribution in [2.24, 2.45) is 0 Å². The van der Waals surface area contributed by atoms with Gasteiger partial charge in [-0.1, -0.05) is 0 Å². The molecule has 0 aliphatic heterocycles. The Bertz CT molecular complexity index is 540. The molecule has 2 rings (SSSR count). The molecule has 0 aromatic heterocycles. The Morgan fingerprint density at radius 2 is 1.94 bits per heavy atom.